The fourth-order valence-corrected chi connectivity index (χ4v) is 3.10. The van der Waals surface area contributed by atoms with Crippen LogP contribution in [0.25, 0.3) is 0 Å². The SMILES string of the molecule is COc1ccc(C)cc1CN1CCN(C(=O)c2cnn(C)c2)CC1. The number of methoxy groups -OCH3 is 1. The van der Waals surface area contributed by atoms with Gasteiger partial charge in [-0.3, -0.25) is 14.4 Å². The first-order valence-electron chi connectivity index (χ1n) is 8.20. The Labute approximate surface area is 142 Å². The first kappa shape index (κ1) is 16.5. The summed E-state index contributed by atoms with van der Waals surface area (Å²) in [5.74, 6) is 0.991. The number of hydrogen-bond donors (Lipinski definition) is 0. The molecule has 0 radical (unpaired) electrons. The number of ether oxygens (including phenoxy) is 1. The minimum absolute atomic E-state index is 0.0656. The largest absolute Gasteiger partial charge is 0.496 e. The van der Waals surface area contributed by atoms with Crippen molar-refractivity contribution in [2.45, 2.75) is 13.5 Å². The minimum Gasteiger partial charge on any atom is -0.496 e. The van der Waals surface area contributed by atoms with Crippen LogP contribution in [0.4, 0.5) is 0 Å². The average Bonchev–Trinajstić information content (AvgIpc) is 3.02. The summed E-state index contributed by atoms with van der Waals surface area (Å²) in [5, 5.41) is 4.08. The summed E-state index contributed by atoms with van der Waals surface area (Å²) in [7, 11) is 3.53. The topological polar surface area (TPSA) is 50.6 Å². The van der Waals surface area contributed by atoms with Crippen molar-refractivity contribution in [3.63, 3.8) is 0 Å². The van der Waals surface area contributed by atoms with Crippen LogP contribution in [0, 0.1) is 6.92 Å². The maximum Gasteiger partial charge on any atom is 0.257 e. The lowest BCUT2D eigenvalue weighted by Crippen LogP contribution is -2.48. The highest BCUT2D eigenvalue weighted by Crippen LogP contribution is 2.22. The Kier molecular flexibility index (Phi) is 4.85. The van der Waals surface area contributed by atoms with E-state index in [-0.39, 0.29) is 5.91 Å². The molecule has 0 aliphatic carbocycles. The van der Waals surface area contributed by atoms with Crippen molar-refractivity contribution in [3.8, 4) is 5.75 Å². The number of amides is 1. The summed E-state index contributed by atoms with van der Waals surface area (Å²) in [6.07, 6.45) is 3.40. The third kappa shape index (κ3) is 3.59. The molecule has 1 aliphatic heterocycles. The Morgan fingerprint density at radius 3 is 2.62 bits per heavy atom. The van der Waals surface area contributed by atoms with Gasteiger partial charge in [-0.25, -0.2) is 0 Å². The number of hydrogen-bond acceptors (Lipinski definition) is 4. The minimum atomic E-state index is 0.0656. The first-order chi connectivity index (χ1) is 11.6. The summed E-state index contributed by atoms with van der Waals surface area (Å²) in [6, 6.07) is 6.26. The molecule has 1 saturated heterocycles. The van der Waals surface area contributed by atoms with E-state index in [2.05, 4.69) is 29.1 Å². The van der Waals surface area contributed by atoms with Gasteiger partial charge in [-0.2, -0.15) is 5.10 Å². The number of benzene rings is 1. The standard InChI is InChI=1S/C18H24N4O2/c1-14-4-5-17(24-3)15(10-14)13-21-6-8-22(9-7-21)18(23)16-11-19-20(2)12-16/h4-5,10-12H,6-9,13H2,1-3H3. The number of carbonyl (C=O) groups is 1. The predicted octanol–water partition coefficient (Wildman–Crippen LogP) is 1.70. The van der Waals surface area contributed by atoms with Gasteiger partial charge < -0.3 is 9.64 Å². The van der Waals surface area contributed by atoms with E-state index in [0.29, 0.717) is 5.56 Å². The third-order valence-corrected chi connectivity index (χ3v) is 4.44. The van der Waals surface area contributed by atoms with Crippen LogP contribution in [0.2, 0.25) is 0 Å². The fraction of sp³-hybridized carbons (Fsp3) is 0.444. The van der Waals surface area contributed by atoms with Crippen molar-refractivity contribution >= 4 is 5.91 Å². The van der Waals surface area contributed by atoms with E-state index in [4.69, 9.17) is 4.74 Å². The molecule has 24 heavy (non-hydrogen) atoms. The van der Waals surface area contributed by atoms with Gasteiger partial charge in [0.1, 0.15) is 5.75 Å². The van der Waals surface area contributed by atoms with Gasteiger partial charge in [0, 0.05) is 51.5 Å². The van der Waals surface area contributed by atoms with Crippen LogP contribution >= 0.6 is 0 Å². The Morgan fingerprint density at radius 2 is 2.00 bits per heavy atom. The molecule has 6 heteroatoms. The second kappa shape index (κ2) is 7.05. The quantitative estimate of drug-likeness (QED) is 0.857. The second-order valence-corrected chi connectivity index (χ2v) is 6.29. The van der Waals surface area contributed by atoms with Gasteiger partial charge >= 0.3 is 0 Å². The van der Waals surface area contributed by atoms with Gasteiger partial charge in [0.2, 0.25) is 0 Å². The zero-order valence-corrected chi connectivity index (χ0v) is 14.5. The zero-order chi connectivity index (χ0) is 17.1. The molecular weight excluding hydrogens is 304 g/mol. The molecule has 0 saturated carbocycles. The molecule has 0 atom stereocenters. The van der Waals surface area contributed by atoms with E-state index in [9.17, 15) is 4.79 Å². The Morgan fingerprint density at radius 1 is 1.25 bits per heavy atom. The van der Waals surface area contributed by atoms with Crippen LogP contribution < -0.4 is 4.74 Å². The lowest BCUT2D eigenvalue weighted by Gasteiger charge is -2.34. The first-order valence-corrected chi connectivity index (χ1v) is 8.20. The van der Waals surface area contributed by atoms with Gasteiger partial charge in [0.25, 0.3) is 5.91 Å². The van der Waals surface area contributed by atoms with Gasteiger partial charge in [0.15, 0.2) is 0 Å². The van der Waals surface area contributed by atoms with Crippen molar-refractivity contribution in [2.24, 2.45) is 7.05 Å². The summed E-state index contributed by atoms with van der Waals surface area (Å²) < 4.78 is 7.12. The zero-order valence-electron chi connectivity index (χ0n) is 14.5. The molecule has 0 unspecified atom stereocenters. The van der Waals surface area contributed by atoms with Gasteiger partial charge in [0.05, 0.1) is 18.9 Å². The van der Waals surface area contributed by atoms with Crippen LogP contribution in [0.1, 0.15) is 21.5 Å². The highest BCUT2D eigenvalue weighted by Gasteiger charge is 2.23. The summed E-state index contributed by atoms with van der Waals surface area (Å²) in [5.41, 5.74) is 3.09. The molecular formula is C18H24N4O2. The van der Waals surface area contributed by atoms with E-state index >= 15 is 0 Å². The molecule has 128 valence electrons. The molecule has 1 fully saturated rings. The van der Waals surface area contributed by atoms with Gasteiger partial charge in [-0.15, -0.1) is 0 Å². The van der Waals surface area contributed by atoms with Crippen LogP contribution in [0.3, 0.4) is 0 Å². The molecule has 1 amide bonds. The van der Waals surface area contributed by atoms with Crippen molar-refractivity contribution in [3.05, 3.63) is 47.3 Å². The normalized spacial score (nSPS) is 15.5. The second-order valence-electron chi connectivity index (χ2n) is 6.29. The van der Waals surface area contributed by atoms with Crippen molar-refractivity contribution in [2.75, 3.05) is 33.3 Å². The molecule has 2 aromatic rings. The summed E-state index contributed by atoms with van der Waals surface area (Å²) in [6.45, 7) is 6.14. The Bertz CT molecular complexity index is 718. The lowest BCUT2D eigenvalue weighted by atomic mass is 10.1. The van der Waals surface area contributed by atoms with Crippen LogP contribution in [0.5, 0.6) is 5.75 Å². The van der Waals surface area contributed by atoms with Crippen molar-refractivity contribution in [1.29, 1.82) is 0 Å². The molecule has 6 nitrogen and oxygen atoms in total. The smallest absolute Gasteiger partial charge is 0.257 e. The number of piperazine rings is 1. The molecule has 2 heterocycles. The maximum atomic E-state index is 12.5. The van der Waals surface area contributed by atoms with E-state index in [1.807, 2.05) is 18.0 Å². The van der Waals surface area contributed by atoms with Crippen molar-refractivity contribution < 1.29 is 9.53 Å². The highest BCUT2D eigenvalue weighted by atomic mass is 16.5. The maximum absolute atomic E-state index is 12.5. The number of carbonyl (C=O) groups excluding carboxylic acids is 1. The van der Waals surface area contributed by atoms with Crippen LogP contribution in [0.15, 0.2) is 30.6 Å². The Balaban J connectivity index is 1.59. The molecule has 3 rings (SSSR count). The molecule has 1 aromatic heterocycles. The van der Waals surface area contributed by atoms with E-state index < -0.39 is 0 Å². The highest BCUT2D eigenvalue weighted by molar-refractivity contribution is 5.93. The van der Waals surface area contributed by atoms with Gasteiger partial charge in [-0.05, 0) is 13.0 Å². The summed E-state index contributed by atoms with van der Waals surface area (Å²) in [4.78, 5) is 16.7. The number of rotatable bonds is 4. The lowest BCUT2D eigenvalue weighted by molar-refractivity contribution is 0.0627. The third-order valence-electron chi connectivity index (χ3n) is 4.44. The molecule has 0 bridgehead atoms. The molecule has 0 N–H and O–H groups in total. The monoisotopic (exact) mass is 328 g/mol. The molecule has 1 aromatic carbocycles. The number of aryl methyl sites for hydroxylation is 2. The Hall–Kier alpha value is -2.34. The predicted molar refractivity (Wildman–Crippen MR) is 92.1 cm³/mol. The van der Waals surface area contributed by atoms with Crippen LogP contribution in [-0.2, 0) is 13.6 Å². The van der Waals surface area contributed by atoms with Gasteiger partial charge in [-0.1, -0.05) is 17.7 Å². The van der Waals surface area contributed by atoms with E-state index in [0.717, 1.165) is 38.5 Å². The average molecular weight is 328 g/mol. The number of aromatic nitrogens is 2. The fourth-order valence-electron chi connectivity index (χ4n) is 3.10. The molecule has 1 aliphatic rings. The van der Waals surface area contributed by atoms with Crippen LogP contribution in [-0.4, -0.2) is 58.8 Å². The summed E-state index contributed by atoms with van der Waals surface area (Å²) >= 11 is 0. The molecule has 0 spiro atoms. The van der Waals surface area contributed by atoms with E-state index in [1.165, 1.54) is 11.1 Å². The number of nitrogens with zero attached hydrogens (tertiary/aromatic N) is 4. The van der Waals surface area contributed by atoms with Crippen molar-refractivity contribution in [1.82, 2.24) is 19.6 Å². The van der Waals surface area contributed by atoms with E-state index in [1.54, 1.807) is 24.2 Å².